The highest BCUT2D eigenvalue weighted by molar-refractivity contribution is 7.92. The van der Waals surface area contributed by atoms with E-state index in [-0.39, 0.29) is 35.8 Å². The van der Waals surface area contributed by atoms with Crippen molar-refractivity contribution in [3.8, 4) is 11.5 Å². The van der Waals surface area contributed by atoms with Crippen LogP contribution >= 0.6 is 0 Å². The van der Waals surface area contributed by atoms with Gasteiger partial charge in [0.1, 0.15) is 5.75 Å². The Morgan fingerprint density at radius 3 is 2.38 bits per heavy atom. The van der Waals surface area contributed by atoms with E-state index in [0.29, 0.717) is 38.2 Å². The zero-order valence-corrected chi connectivity index (χ0v) is 25.1. The van der Waals surface area contributed by atoms with Gasteiger partial charge >= 0.3 is 11.5 Å². The smallest absolute Gasteiger partial charge is 0.496 e. The number of carbonyl (C=O) groups excluding carboxylic acids is 2. The van der Waals surface area contributed by atoms with Gasteiger partial charge in [-0.15, -0.1) is 0 Å². The van der Waals surface area contributed by atoms with Gasteiger partial charge in [-0.05, 0) is 69.7 Å². The van der Waals surface area contributed by atoms with Gasteiger partial charge in [0.25, 0.3) is 21.7 Å². The van der Waals surface area contributed by atoms with Gasteiger partial charge in [0, 0.05) is 18.4 Å². The van der Waals surface area contributed by atoms with Crippen LogP contribution in [0.15, 0.2) is 41.3 Å². The van der Waals surface area contributed by atoms with E-state index in [9.17, 15) is 45.5 Å². The van der Waals surface area contributed by atoms with E-state index in [1.165, 1.54) is 13.2 Å². The van der Waals surface area contributed by atoms with Crippen LogP contribution in [0.25, 0.3) is 0 Å². The molecule has 16 heteroatoms. The van der Waals surface area contributed by atoms with Gasteiger partial charge in [-0.3, -0.25) is 14.4 Å². The van der Waals surface area contributed by atoms with Crippen molar-refractivity contribution < 1.29 is 59.7 Å². The molecule has 1 saturated carbocycles. The number of halogens is 4. The fraction of sp³-hybridized carbons (Fsp3) is 0.483. The number of alkyl halides is 3. The number of carboxylic acids is 1. The summed E-state index contributed by atoms with van der Waals surface area (Å²) in [6, 6.07) is 4.83. The Hall–Kier alpha value is -3.92. The van der Waals surface area contributed by atoms with Gasteiger partial charge in [-0.25, -0.2) is 12.8 Å². The molecule has 1 saturated heterocycles. The van der Waals surface area contributed by atoms with E-state index in [2.05, 4.69) is 10.6 Å². The van der Waals surface area contributed by atoms with Crippen LogP contribution in [0.2, 0.25) is 0 Å². The fourth-order valence-electron chi connectivity index (χ4n) is 5.23. The van der Waals surface area contributed by atoms with E-state index in [1.807, 2.05) is 0 Å². The molecule has 0 radical (unpaired) electrons. The highest BCUT2D eigenvalue weighted by Crippen LogP contribution is 2.39. The second-order valence-corrected chi connectivity index (χ2v) is 13.1. The van der Waals surface area contributed by atoms with E-state index in [0.717, 1.165) is 24.3 Å². The van der Waals surface area contributed by atoms with Crippen LogP contribution in [-0.2, 0) is 24.2 Å². The normalized spacial score (nSPS) is 23.9. The van der Waals surface area contributed by atoms with Crippen molar-refractivity contribution in [2.24, 2.45) is 5.41 Å². The number of rotatable bonds is 9. The summed E-state index contributed by atoms with van der Waals surface area (Å²) in [5.41, 5.74) is -6.80. The molecule has 246 valence electrons. The summed E-state index contributed by atoms with van der Waals surface area (Å²) in [6.07, 6.45) is 0.286. The highest BCUT2D eigenvalue weighted by atomic mass is 32.2. The SMILES string of the molecule is COc1cc(F)c(OC2CCC(C)(C(=O)O)CC2)cc1C(=O)N[C@@H]1CCCO[C@@H]1C(=O)Nc1cccc(S(=O)(=O)C(F)(F)F)c1. The minimum atomic E-state index is -5.66. The van der Waals surface area contributed by atoms with Crippen molar-refractivity contribution in [1.82, 2.24) is 5.32 Å². The molecule has 2 aromatic carbocycles. The molecule has 2 aliphatic rings. The van der Waals surface area contributed by atoms with Gasteiger partial charge in [0.05, 0.1) is 35.1 Å². The predicted octanol–water partition coefficient (Wildman–Crippen LogP) is 4.46. The van der Waals surface area contributed by atoms with Crippen molar-refractivity contribution >= 4 is 33.3 Å². The second-order valence-electron chi connectivity index (χ2n) is 11.1. The monoisotopic (exact) mass is 660 g/mol. The largest absolute Gasteiger partial charge is 0.501 e. The Kier molecular flexibility index (Phi) is 9.97. The third kappa shape index (κ3) is 7.49. The zero-order valence-electron chi connectivity index (χ0n) is 24.3. The summed E-state index contributed by atoms with van der Waals surface area (Å²) in [7, 11) is -4.43. The first-order chi connectivity index (χ1) is 21.1. The highest BCUT2D eigenvalue weighted by Gasteiger charge is 2.47. The van der Waals surface area contributed by atoms with Gasteiger partial charge in [0.2, 0.25) is 0 Å². The number of carboxylic acid groups (broad SMARTS) is 1. The van der Waals surface area contributed by atoms with Crippen LogP contribution in [-0.4, -0.2) is 68.8 Å². The standard InChI is InChI=1S/C29H32F4N2O9S/c1-28(27(38)39)10-8-17(9-11-28)44-23-14-19(22(42-2)15-20(23)30)25(36)35-21-7-4-12-43-24(21)26(37)34-16-5-3-6-18(13-16)45(40,41)29(31,32)33/h3,5-6,13-15,17,21,24H,4,7-12H2,1-2H3,(H,34,37)(H,35,36)(H,38,39)/t17?,21-,24+,28?/m1/s1. The maximum atomic E-state index is 14.9. The molecule has 1 aliphatic carbocycles. The molecule has 1 aliphatic heterocycles. The molecule has 45 heavy (non-hydrogen) atoms. The lowest BCUT2D eigenvalue weighted by molar-refractivity contribution is -0.150. The van der Waals surface area contributed by atoms with Gasteiger partial charge in [0.15, 0.2) is 17.7 Å². The Bertz CT molecular complexity index is 1560. The van der Waals surface area contributed by atoms with Crippen LogP contribution in [0.4, 0.5) is 23.2 Å². The molecule has 2 atom stereocenters. The average Bonchev–Trinajstić information content (AvgIpc) is 2.98. The number of hydrogen-bond acceptors (Lipinski definition) is 8. The first-order valence-corrected chi connectivity index (χ1v) is 15.5. The molecule has 11 nitrogen and oxygen atoms in total. The molecule has 2 amide bonds. The quantitative estimate of drug-likeness (QED) is 0.331. The number of hydrogen-bond donors (Lipinski definition) is 3. The Balaban J connectivity index is 1.48. The predicted molar refractivity (Wildman–Crippen MR) is 150 cm³/mol. The molecule has 4 rings (SSSR count). The molecule has 2 aromatic rings. The second kappa shape index (κ2) is 13.2. The summed E-state index contributed by atoms with van der Waals surface area (Å²) in [5.74, 6) is -3.69. The first-order valence-electron chi connectivity index (χ1n) is 14.0. The van der Waals surface area contributed by atoms with E-state index < -0.39 is 67.5 Å². The van der Waals surface area contributed by atoms with Crippen molar-refractivity contribution in [3.63, 3.8) is 0 Å². The lowest BCUT2D eigenvalue weighted by Crippen LogP contribution is -2.52. The van der Waals surface area contributed by atoms with Gasteiger partial charge in [-0.1, -0.05) is 6.07 Å². The summed E-state index contributed by atoms with van der Waals surface area (Å²) in [5, 5.41) is 14.4. The number of amides is 2. The molecule has 2 fully saturated rings. The Morgan fingerprint density at radius 2 is 1.76 bits per heavy atom. The van der Waals surface area contributed by atoms with Crippen molar-refractivity contribution in [1.29, 1.82) is 0 Å². The maximum Gasteiger partial charge on any atom is 0.501 e. The number of carbonyl (C=O) groups is 3. The molecule has 3 N–H and O–H groups in total. The number of benzene rings is 2. The number of ether oxygens (including phenoxy) is 3. The Morgan fingerprint density at radius 1 is 1.07 bits per heavy atom. The molecule has 0 bridgehead atoms. The summed E-state index contributed by atoms with van der Waals surface area (Å²) in [4.78, 5) is 37.0. The maximum absolute atomic E-state index is 14.9. The topological polar surface area (TPSA) is 157 Å². The number of nitrogens with one attached hydrogen (secondary N) is 2. The van der Waals surface area contributed by atoms with Crippen molar-refractivity contribution in [2.45, 2.75) is 74.1 Å². The first kappa shape index (κ1) is 34.0. The number of aliphatic carboxylic acids is 1. The van der Waals surface area contributed by atoms with Crippen LogP contribution in [0, 0.1) is 11.2 Å². The van der Waals surface area contributed by atoms with E-state index in [4.69, 9.17) is 14.2 Å². The minimum Gasteiger partial charge on any atom is -0.496 e. The van der Waals surface area contributed by atoms with Crippen LogP contribution in [0.5, 0.6) is 11.5 Å². The van der Waals surface area contributed by atoms with Crippen molar-refractivity contribution in [2.75, 3.05) is 19.0 Å². The van der Waals surface area contributed by atoms with Crippen molar-refractivity contribution in [3.05, 3.63) is 47.8 Å². The summed E-state index contributed by atoms with van der Waals surface area (Å²) in [6.45, 7) is 1.77. The van der Waals surface area contributed by atoms with Crippen LogP contribution in [0.1, 0.15) is 55.8 Å². The van der Waals surface area contributed by atoms with Crippen LogP contribution < -0.4 is 20.1 Å². The zero-order chi connectivity index (χ0) is 33.2. The van der Waals surface area contributed by atoms with E-state index >= 15 is 0 Å². The molecule has 0 aromatic heterocycles. The molecular formula is C29H32F4N2O9S. The number of anilines is 1. The van der Waals surface area contributed by atoms with Gasteiger partial charge < -0.3 is 30.0 Å². The summed E-state index contributed by atoms with van der Waals surface area (Å²) < 4.78 is 94.0. The molecule has 0 spiro atoms. The lowest BCUT2D eigenvalue weighted by Gasteiger charge is -2.34. The Labute approximate surface area is 256 Å². The molecular weight excluding hydrogens is 628 g/mol. The minimum absolute atomic E-state index is 0.116. The average molecular weight is 661 g/mol. The lowest BCUT2D eigenvalue weighted by atomic mass is 9.75. The third-order valence-electron chi connectivity index (χ3n) is 7.96. The molecule has 0 unspecified atom stereocenters. The fourth-order valence-corrected chi connectivity index (χ4v) is 6.04. The van der Waals surface area contributed by atoms with E-state index in [1.54, 1.807) is 6.92 Å². The number of sulfone groups is 1. The van der Waals surface area contributed by atoms with Crippen LogP contribution in [0.3, 0.4) is 0 Å². The van der Waals surface area contributed by atoms with Gasteiger partial charge in [-0.2, -0.15) is 13.2 Å². The number of methoxy groups -OCH3 is 1. The third-order valence-corrected chi connectivity index (χ3v) is 9.44. The molecule has 1 heterocycles. The summed E-state index contributed by atoms with van der Waals surface area (Å²) >= 11 is 0.